The van der Waals surface area contributed by atoms with Gasteiger partial charge in [-0.15, -0.1) is 0 Å². The summed E-state index contributed by atoms with van der Waals surface area (Å²) in [6, 6.07) is 8.28. The highest BCUT2D eigenvalue weighted by Gasteiger charge is 2.07. The minimum absolute atomic E-state index is 0.903. The Labute approximate surface area is 105 Å². The third-order valence-electron chi connectivity index (χ3n) is 3.16. The Balaban J connectivity index is 3.24. The maximum absolute atomic E-state index is 5.19. The lowest BCUT2D eigenvalue weighted by Gasteiger charge is -2.13. The lowest BCUT2D eigenvalue weighted by Crippen LogP contribution is -1.92. The molecule has 1 aromatic rings. The van der Waals surface area contributed by atoms with E-state index in [1.807, 2.05) is 12.1 Å². The molecule has 0 saturated carbocycles. The molecule has 0 aliphatic heterocycles. The third kappa shape index (κ3) is 3.23. The topological polar surface area (TPSA) is 9.23 Å². The van der Waals surface area contributed by atoms with Gasteiger partial charge < -0.3 is 4.74 Å². The Morgan fingerprint density at radius 3 is 2.18 bits per heavy atom. The molecule has 0 fully saturated rings. The highest BCUT2D eigenvalue weighted by Crippen LogP contribution is 2.29. The summed E-state index contributed by atoms with van der Waals surface area (Å²) in [5.74, 6) is 0.903. The van der Waals surface area contributed by atoms with Crippen LogP contribution in [0.15, 0.2) is 41.5 Å². The van der Waals surface area contributed by atoms with Gasteiger partial charge in [-0.25, -0.2) is 0 Å². The van der Waals surface area contributed by atoms with Crippen molar-refractivity contribution in [2.45, 2.75) is 34.1 Å². The Bertz CT molecular complexity index is 421. The molecule has 1 heteroatoms. The van der Waals surface area contributed by atoms with Gasteiger partial charge in [-0.05, 0) is 56.0 Å². The summed E-state index contributed by atoms with van der Waals surface area (Å²) in [5, 5.41) is 0. The van der Waals surface area contributed by atoms with Gasteiger partial charge in [0.2, 0.25) is 0 Å². The van der Waals surface area contributed by atoms with Gasteiger partial charge in [0.05, 0.1) is 7.11 Å². The highest BCUT2D eigenvalue weighted by atomic mass is 16.5. The van der Waals surface area contributed by atoms with Crippen molar-refractivity contribution in [3.05, 3.63) is 47.1 Å². The number of methoxy groups -OCH3 is 1. The van der Waals surface area contributed by atoms with Gasteiger partial charge in [0.1, 0.15) is 5.75 Å². The van der Waals surface area contributed by atoms with Crippen LogP contribution in [-0.4, -0.2) is 7.11 Å². The molecule has 0 radical (unpaired) electrons. The van der Waals surface area contributed by atoms with Crippen LogP contribution in [0, 0.1) is 0 Å². The molecule has 1 rings (SSSR count). The van der Waals surface area contributed by atoms with Gasteiger partial charge in [-0.3, -0.25) is 0 Å². The van der Waals surface area contributed by atoms with Crippen LogP contribution in [-0.2, 0) is 0 Å². The summed E-state index contributed by atoms with van der Waals surface area (Å²) in [6.45, 7) is 8.65. The van der Waals surface area contributed by atoms with Crippen LogP contribution in [0.5, 0.6) is 5.75 Å². The second kappa shape index (κ2) is 6.29. The summed E-state index contributed by atoms with van der Waals surface area (Å²) in [6.07, 6.45) is 3.24. The molecule has 0 N–H and O–H groups in total. The molecule has 0 heterocycles. The van der Waals surface area contributed by atoms with Crippen molar-refractivity contribution < 1.29 is 4.74 Å². The molecule has 92 valence electrons. The van der Waals surface area contributed by atoms with Crippen LogP contribution in [0.25, 0.3) is 5.57 Å². The first-order valence-corrected chi connectivity index (χ1v) is 6.11. The molecular weight excluding hydrogens is 208 g/mol. The van der Waals surface area contributed by atoms with Crippen LogP contribution in [0.2, 0.25) is 0 Å². The van der Waals surface area contributed by atoms with Crippen LogP contribution in [0.4, 0.5) is 0 Å². The van der Waals surface area contributed by atoms with E-state index >= 15 is 0 Å². The van der Waals surface area contributed by atoms with E-state index in [9.17, 15) is 0 Å². The lowest BCUT2D eigenvalue weighted by molar-refractivity contribution is 0.415. The molecule has 17 heavy (non-hydrogen) atoms. The average molecular weight is 230 g/mol. The van der Waals surface area contributed by atoms with Gasteiger partial charge in [0.25, 0.3) is 0 Å². The average Bonchev–Trinajstić information content (AvgIpc) is 2.39. The van der Waals surface area contributed by atoms with Gasteiger partial charge in [0, 0.05) is 0 Å². The molecule has 0 amide bonds. The Morgan fingerprint density at radius 1 is 1.18 bits per heavy atom. The summed E-state index contributed by atoms with van der Waals surface area (Å²) in [5.41, 5.74) is 5.37. The maximum atomic E-state index is 5.19. The first-order chi connectivity index (χ1) is 8.13. The normalized spacial score (nSPS) is 13.4. The van der Waals surface area contributed by atoms with Gasteiger partial charge >= 0.3 is 0 Å². The standard InChI is InChI=1S/C16H22O/c1-6-12(3)16(13(4)7-2)14-8-10-15(17-5)11-9-14/h6,8-11H,7H2,1-5H3/b12-6+,16-13-. The van der Waals surface area contributed by atoms with E-state index in [1.165, 1.54) is 22.3 Å². The van der Waals surface area contributed by atoms with Crippen LogP contribution in [0.1, 0.15) is 39.7 Å². The number of rotatable bonds is 4. The van der Waals surface area contributed by atoms with Crippen molar-refractivity contribution in [2.24, 2.45) is 0 Å². The summed E-state index contributed by atoms with van der Waals surface area (Å²) < 4.78 is 5.19. The fraction of sp³-hybridized carbons (Fsp3) is 0.375. The van der Waals surface area contributed by atoms with Crippen molar-refractivity contribution >= 4 is 5.57 Å². The molecule has 0 atom stereocenters. The van der Waals surface area contributed by atoms with Crippen LogP contribution >= 0.6 is 0 Å². The second-order valence-electron chi connectivity index (χ2n) is 4.21. The van der Waals surface area contributed by atoms with Gasteiger partial charge in [-0.2, -0.15) is 0 Å². The monoisotopic (exact) mass is 230 g/mol. The molecule has 0 aromatic heterocycles. The second-order valence-corrected chi connectivity index (χ2v) is 4.21. The fourth-order valence-electron chi connectivity index (χ4n) is 1.89. The van der Waals surface area contributed by atoms with E-state index in [0.717, 1.165) is 12.2 Å². The quantitative estimate of drug-likeness (QED) is 0.672. The zero-order valence-electron chi connectivity index (χ0n) is 11.5. The number of benzene rings is 1. The van der Waals surface area contributed by atoms with E-state index in [0.29, 0.717) is 0 Å². The van der Waals surface area contributed by atoms with E-state index in [1.54, 1.807) is 7.11 Å². The lowest BCUT2D eigenvalue weighted by atomic mass is 9.93. The minimum Gasteiger partial charge on any atom is -0.497 e. The number of hydrogen-bond acceptors (Lipinski definition) is 1. The summed E-state index contributed by atoms with van der Waals surface area (Å²) >= 11 is 0. The molecule has 0 bridgehead atoms. The first kappa shape index (κ1) is 13.6. The predicted molar refractivity (Wildman–Crippen MR) is 75.3 cm³/mol. The Hall–Kier alpha value is -1.50. The predicted octanol–water partition coefficient (Wildman–Crippen LogP) is 4.84. The van der Waals surface area contributed by atoms with Crippen molar-refractivity contribution in [1.29, 1.82) is 0 Å². The Morgan fingerprint density at radius 2 is 1.76 bits per heavy atom. The van der Waals surface area contributed by atoms with E-state index in [-0.39, 0.29) is 0 Å². The molecular formula is C16H22O. The summed E-state index contributed by atoms with van der Waals surface area (Å²) in [7, 11) is 1.69. The largest absolute Gasteiger partial charge is 0.497 e. The number of ether oxygens (including phenoxy) is 1. The van der Waals surface area contributed by atoms with E-state index in [4.69, 9.17) is 4.74 Å². The molecule has 1 nitrogen and oxygen atoms in total. The van der Waals surface area contributed by atoms with Gasteiger partial charge in [0.15, 0.2) is 0 Å². The molecule has 0 spiro atoms. The zero-order chi connectivity index (χ0) is 12.8. The third-order valence-corrected chi connectivity index (χ3v) is 3.16. The molecule has 0 unspecified atom stereocenters. The van der Waals surface area contributed by atoms with Crippen molar-refractivity contribution in [3.63, 3.8) is 0 Å². The SMILES string of the molecule is C/C=C(C)/C(=C(\C)CC)c1ccc(OC)cc1. The van der Waals surface area contributed by atoms with E-state index < -0.39 is 0 Å². The molecule has 0 aliphatic rings. The first-order valence-electron chi connectivity index (χ1n) is 6.11. The van der Waals surface area contributed by atoms with Crippen molar-refractivity contribution in [1.82, 2.24) is 0 Å². The minimum atomic E-state index is 0.903. The van der Waals surface area contributed by atoms with E-state index in [2.05, 4.69) is 45.9 Å². The zero-order valence-corrected chi connectivity index (χ0v) is 11.5. The van der Waals surface area contributed by atoms with Gasteiger partial charge in [-0.1, -0.05) is 30.7 Å². The maximum Gasteiger partial charge on any atom is 0.118 e. The van der Waals surface area contributed by atoms with Crippen molar-refractivity contribution in [2.75, 3.05) is 7.11 Å². The van der Waals surface area contributed by atoms with Crippen molar-refractivity contribution in [3.8, 4) is 5.75 Å². The fourth-order valence-corrected chi connectivity index (χ4v) is 1.89. The number of allylic oxidation sites excluding steroid dienone is 4. The number of hydrogen-bond donors (Lipinski definition) is 0. The molecule has 1 aromatic carbocycles. The van der Waals surface area contributed by atoms with Crippen LogP contribution in [0.3, 0.4) is 0 Å². The summed E-state index contributed by atoms with van der Waals surface area (Å²) in [4.78, 5) is 0. The Kier molecular flexibility index (Phi) is 5.02. The molecule has 0 saturated heterocycles. The molecule has 0 aliphatic carbocycles. The van der Waals surface area contributed by atoms with Crippen LogP contribution < -0.4 is 4.74 Å². The highest BCUT2D eigenvalue weighted by molar-refractivity contribution is 5.80. The smallest absolute Gasteiger partial charge is 0.118 e.